The molecular formula is C21H27N9O2S. The van der Waals surface area contributed by atoms with Gasteiger partial charge in [0, 0.05) is 32.4 Å². The molecule has 0 radical (unpaired) electrons. The molecule has 1 aromatic carbocycles. The van der Waals surface area contributed by atoms with E-state index in [4.69, 9.17) is 4.99 Å². The van der Waals surface area contributed by atoms with Gasteiger partial charge in [-0.15, -0.1) is 5.10 Å². The van der Waals surface area contributed by atoms with Crippen molar-refractivity contribution in [3.63, 3.8) is 0 Å². The standard InChI is InChI=1S/C21H27N9O2S/c1-14-7-6-10-28(13-14)19-22-17-16(18(31)23-20(32)27(17)2)29(19)11-12-33-21-24-25-26-30(21)15-8-4-3-5-9-15/h3-5,8-9,14,16-17H,6-7,10-13H2,1-2H3,(H,23,31,32). The smallest absolute Gasteiger partial charge is 0.325 e. The highest BCUT2D eigenvalue weighted by Crippen LogP contribution is 2.29. The van der Waals surface area contributed by atoms with E-state index in [9.17, 15) is 9.59 Å². The van der Waals surface area contributed by atoms with E-state index < -0.39 is 18.2 Å². The van der Waals surface area contributed by atoms with Gasteiger partial charge in [0.2, 0.25) is 5.16 Å². The Morgan fingerprint density at radius 1 is 1.21 bits per heavy atom. The quantitative estimate of drug-likeness (QED) is 0.647. The molecule has 5 rings (SSSR count). The Morgan fingerprint density at radius 2 is 2.03 bits per heavy atom. The number of carbonyl (C=O) groups is 2. The molecule has 2 aromatic rings. The summed E-state index contributed by atoms with van der Waals surface area (Å²) in [7, 11) is 1.69. The van der Waals surface area contributed by atoms with Gasteiger partial charge in [-0.1, -0.05) is 36.9 Å². The number of thioether (sulfide) groups is 1. The van der Waals surface area contributed by atoms with Crippen molar-refractivity contribution in [2.45, 2.75) is 37.1 Å². The number of amides is 3. The molecule has 0 saturated carbocycles. The predicted molar refractivity (Wildman–Crippen MR) is 123 cm³/mol. The second-order valence-electron chi connectivity index (χ2n) is 8.64. The molecule has 3 aliphatic rings. The second-order valence-corrected chi connectivity index (χ2v) is 9.70. The first-order valence-corrected chi connectivity index (χ1v) is 12.1. The van der Waals surface area contributed by atoms with E-state index in [2.05, 4.69) is 32.7 Å². The number of hydrogen-bond acceptors (Lipinski definition) is 9. The van der Waals surface area contributed by atoms with Gasteiger partial charge in [0.25, 0.3) is 5.91 Å². The van der Waals surface area contributed by atoms with Crippen LogP contribution in [0.3, 0.4) is 0 Å². The summed E-state index contributed by atoms with van der Waals surface area (Å²) in [6.45, 7) is 4.61. The number of guanidine groups is 1. The van der Waals surface area contributed by atoms with Crippen LogP contribution in [0.25, 0.3) is 5.69 Å². The predicted octanol–water partition coefficient (Wildman–Crippen LogP) is 1.03. The molecule has 0 bridgehead atoms. The molecule has 11 nitrogen and oxygen atoms in total. The summed E-state index contributed by atoms with van der Waals surface area (Å²) in [6.07, 6.45) is 1.76. The van der Waals surface area contributed by atoms with Crippen LogP contribution in [0.4, 0.5) is 4.79 Å². The van der Waals surface area contributed by atoms with Crippen molar-refractivity contribution in [3.8, 4) is 5.69 Å². The molecule has 0 aliphatic carbocycles. The van der Waals surface area contributed by atoms with Gasteiger partial charge in [-0.3, -0.25) is 10.1 Å². The molecule has 12 heteroatoms. The van der Waals surface area contributed by atoms with Crippen molar-refractivity contribution in [1.82, 2.24) is 40.2 Å². The Kier molecular flexibility index (Phi) is 5.92. The third kappa shape index (κ3) is 4.14. The zero-order valence-electron chi connectivity index (χ0n) is 18.7. The molecular weight excluding hydrogens is 442 g/mol. The molecule has 3 unspecified atom stereocenters. The van der Waals surface area contributed by atoms with Crippen LogP contribution in [0.15, 0.2) is 40.5 Å². The largest absolute Gasteiger partial charge is 0.342 e. The number of nitrogens with zero attached hydrogens (tertiary/aromatic N) is 8. The van der Waals surface area contributed by atoms with Crippen molar-refractivity contribution in [3.05, 3.63) is 30.3 Å². The first kappa shape index (κ1) is 21.7. The van der Waals surface area contributed by atoms with Crippen molar-refractivity contribution in [2.75, 3.05) is 32.4 Å². The molecule has 33 heavy (non-hydrogen) atoms. The molecule has 3 aliphatic heterocycles. The van der Waals surface area contributed by atoms with Crippen molar-refractivity contribution in [1.29, 1.82) is 0 Å². The maximum Gasteiger partial charge on any atom is 0.325 e. The van der Waals surface area contributed by atoms with Crippen LogP contribution in [0.1, 0.15) is 19.8 Å². The number of rotatable bonds is 5. The lowest BCUT2D eigenvalue weighted by Crippen LogP contribution is -2.64. The number of para-hydroxylation sites is 1. The fraction of sp³-hybridized carbons (Fsp3) is 0.524. The van der Waals surface area contributed by atoms with E-state index in [1.807, 2.05) is 35.2 Å². The number of fused-ring (bicyclic) bond motifs is 1. The third-order valence-electron chi connectivity index (χ3n) is 6.28. The summed E-state index contributed by atoms with van der Waals surface area (Å²) in [5.41, 5.74) is 0.891. The average Bonchev–Trinajstić information content (AvgIpc) is 3.44. The maximum atomic E-state index is 12.8. The molecule has 1 N–H and O–H groups in total. The van der Waals surface area contributed by atoms with Crippen molar-refractivity contribution in [2.24, 2.45) is 10.9 Å². The Hall–Kier alpha value is -3.15. The van der Waals surface area contributed by atoms with E-state index in [-0.39, 0.29) is 5.91 Å². The normalized spacial score (nSPS) is 25.2. The van der Waals surface area contributed by atoms with Crippen LogP contribution in [0.2, 0.25) is 0 Å². The number of imide groups is 1. The van der Waals surface area contributed by atoms with Crippen LogP contribution < -0.4 is 5.32 Å². The first-order chi connectivity index (χ1) is 16.0. The lowest BCUT2D eigenvalue weighted by Gasteiger charge is -2.39. The first-order valence-electron chi connectivity index (χ1n) is 11.2. The SMILES string of the molecule is CC1CCCN(C2=NC3C(C(=O)NC(=O)N3C)N2CCSc2nnnn2-c2ccccc2)C1. The van der Waals surface area contributed by atoms with E-state index >= 15 is 0 Å². The number of aliphatic imine (C=N–C) groups is 1. The van der Waals surface area contributed by atoms with Gasteiger partial charge in [-0.2, -0.15) is 4.68 Å². The summed E-state index contributed by atoms with van der Waals surface area (Å²) in [5, 5.41) is 15.3. The molecule has 2 fully saturated rings. The lowest BCUT2D eigenvalue weighted by atomic mass is 10.0. The summed E-state index contributed by atoms with van der Waals surface area (Å²) in [4.78, 5) is 35.7. The van der Waals surface area contributed by atoms with Crippen LogP contribution in [0.5, 0.6) is 0 Å². The monoisotopic (exact) mass is 469 g/mol. The van der Waals surface area contributed by atoms with Crippen molar-refractivity contribution >= 4 is 29.7 Å². The number of aromatic nitrogens is 4. The molecule has 3 amide bonds. The van der Waals surface area contributed by atoms with Gasteiger partial charge in [0.05, 0.1) is 5.69 Å². The number of tetrazole rings is 1. The Labute approximate surface area is 196 Å². The van der Waals surface area contributed by atoms with Crippen LogP contribution in [-0.4, -0.2) is 97.4 Å². The Balaban J connectivity index is 1.34. The van der Waals surface area contributed by atoms with Gasteiger partial charge in [-0.25, -0.2) is 9.79 Å². The van der Waals surface area contributed by atoms with E-state index in [0.29, 0.717) is 23.4 Å². The van der Waals surface area contributed by atoms with Crippen LogP contribution >= 0.6 is 11.8 Å². The summed E-state index contributed by atoms with van der Waals surface area (Å²) < 4.78 is 1.71. The summed E-state index contributed by atoms with van der Waals surface area (Å²) in [5.74, 6) is 1.72. The number of carbonyl (C=O) groups excluding carboxylic acids is 2. The highest BCUT2D eigenvalue weighted by molar-refractivity contribution is 7.99. The van der Waals surface area contributed by atoms with E-state index in [1.165, 1.54) is 23.1 Å². The van der Waals surface area contributed by atoms with Crippen LogP contribution in [0, 0.1) is 5.92 Å². The minimum atomic E-state index is -0.536. The van der Waals surface area contributed by atoms with Gasteiger partial charge in [-0.05, 0) is 41.3 Å². The fourth-order valence-corrected chi connectivity index (χ4v) is 5.45. The number of piperidine rings is 1. The number of likely N-dealkylation sites (tertiary alicyclic amines) is 1. The van der Waals surface area contributed by atoms with Gasteiger partial charge in [0.1, 0.15) is 0 Å². The highest BCUT2D eigenvalue weighted by atomic mass is 32.2. The molecule has 4 heterocycles. The molecule has 2 saturated heterocycles. The van der Waals surface area contributed by atoms with Gasteiger partial charge < -0.3 is 14.7 Å². The number of likely N-dealkylation sites (N-methyl/N-ethyl adjacent to an activating group) is 1. The maximum absolute atomic E-state index is 12.8. The zero-order chi connectivity index (χ0) is 22.9. The summed E-state index contributed by atoms with van der Waals surface area (Å²) >= 11 is 1.53. The minimum Gasteiger partial charge on any atom is -0.342 e. The zero-order valence-corrected chi connectivity index (χ0v) is 19.5. The van der Waals surface area contributed by atoms with Crippen LogP contribution in [-0.2, 0) is 4.79 Å². The number of hydrogen-bond donors (Lipinski definition) is 1. The Morgan fingerprint density at radius 3 is 2.82 bits per heavy atom. The fourth-order valence-electron chi connectivity index (χ4n) is 4.62. The number of nitrogens with one attached hydrogen (secondary N) is 1. The third-order valence-corrected chi connectivity index (χ3v) is 7.18. The highest BCUT2D eigenvalue weighted by Gasteiger charge is 2.49. The molecule has 3 atom stereocenters. The van der Waals surface area contributed by atoms with Crippen molar-refractivity contribution < 1.29 is 9.59 Å². The van der Waals surface area contributed by atoms with E-state index in [0.717, 1.165) is 31.2 Å². The molecule has 174 valence electrons. The molecule has 1 aromatic heterocycles. The van der Waals surface area contributed by atoms with Gasteiger partial charge in [0.15, 0.2) is 18.2 Å². The lowest BCUT2D eigenvalue weighted by molar-refractivity contribution is -0.127. The van der Waals surface area contributed by atoms with Gasteiger partial charge >= 0.3 is 6.03 Å². The second kappa shape index (κ2) is 9.00. The number of urea groups is 1. The minimum absolute atomic E-state index is 0.300. The Bertz CT molecular complexity index is 1060. The molecule has 0 spiro atoms. The summed E-state index contributed by atoms with van der Waals surface area (Å²) in [6, 6.07) is 8.79. The number of benzene rings is 1. The van der Waals surface area contributed by atoms with E-state index in [1.54, 1.807) is 11.7 Å². The average molecular weight is 470 g/mol. The topological polar surface area (TPSA) is 112 Å².